The van der Waals surface area contributed by atoms with Crippen molar-refractivity contribution in [2.75, 3.05) is 31.1 Å². The van der Waals surface area contributed by atoms with Crippen LogP contribution in [0.15, 0.2) is 0 Å². The standard InChI is InChI=1S/C9H16N2O5S/c1-2-17(15,16)4-3-11-6-8(12)10-5-7(11)9(13)14/h7H,2-6H2,1H3,(H,10,12)(H,13,14). The van der Waals surface area contributed by atoms with Crippen LogP contribution in [-0.2, 0) is 19.4 Å². The predicted octanol–water partition coefficient (Wildman–Crippen LogP) is -1.69. The fourth-order valence-corrected chi connectivity index (χ4v) is 2.37. The van der Waals surface area contributed by atoms with E-state index < -0.39 is 21.8 Å². The number of carboxylic acid groups (broad SMARTS) is 1. The minimum absolute atomic E-state index is 0.0142. The van der Waals surface area contributed by atoms with E-state index >= 15 is 0 Å². The van der Waals surface area contributed by atoms with E-state index in [4.69, 9.17) is 5.11 Å². The first-order valence-electron chi connectivity index (χ1n) is 5.29. The molecular weight excluding hydrogens is 248 g/mol. The highest BCUT2D eigenvalue weighted by molar-refractivity contribution is 7.91. The van der Waals surface area contributed by atoms with E-state index in [-0.39, 0.29) is 37.0 Å². The SMILES string of the molecule is CCS(=O)(=O)CCN1CC(=O)NCC1C(=O)O. The van der Waals surface area contributed by atoms with E-state index in [2.05, 4.69) is 5.32 Å². The molecule has 98 valence electrons. The van der Waals surface area contributed by atoms with Crippen LogP contribution in [-0.4, -0.2) is 67.5 Å². The van der Waals surface area contributed by atoms with Crippen molar-refractivity contribution in [1.29, 1.82) is 0 Å². The third-order valence-corrected chi connectivity index (χ3v) is 4.38. The lowest BCUT2D eigenvalue weighted by molar-refractivity contribution is -0.145. The van der Waals surface area contributed by atoms with E-state index in [1.54, 1.807) is 0 Å². The zero-order valence-corrected chi connectivity index (χ0v) is 10.4. The molecule has 1 unspecified atom stereocenters. The number of sulfone groups is 1. The molecule has 1 aliphatic rings. The van der Waals surface area contributed by atoms with Crippen LogP contribution in [0.1, 0.15) is 6.92 Å². The molecule has 0 aromatic carbocycles. The Hall–Kier alpha value is -1.15. The molecule has 1 fully saturated rings. The monoisotopic (exact) mass is 264 g/mol. The van der Waals surface area contributed by atoms with Crippen molar-refractivity contribution in [2.24, 2.45) is 0 Å². The minimum Gasteiger partial charge on any atom is -0.480 e. The van der Waals surface area contributed by atoms with Crippen molar-refractivity contribution in [3.8, 4) is 0 Å². The maximum Gasteiger partial charge on any atom is 0.322 e. The Morgan fingerprint density at radius 2 is 2.24 bits per heavy atom. The van der Waals surface area contributed by atoms with Gasteiger partial charge in [-0.3, -0.25) is 14.5 Å². The van der Waals surface area contributed by atoms with Gasteiger partial charge in [0.1, 0.15) is 6.04 Å². The molecule has 1 atom stereocenters. The van der Waals surface area contributed by atoms with Crippen molar-refractivity contribution >= 4 is 21.7 Å². The van der Waals surface area contributed by atoms with Gasteiger partial charge in [-0.2, -0.15) is 0 Å². The second kappa shape index (κ2) is 5.46. The van der Waals surface area contributed by atoms with Crippen molar-refractivity contribution in [3.63, 3.8) is 0 Å². The van der Waals surface area contributed by atoms with Crippen LogP contribution < -0.4 is 5.32 Å². The lowest BCUT2D eigenvalue weighted by atomic mass is 10.2. The summed E-state index contributed by atoms with van der Waals surface area (Å²) in [7, 11) is -3.15. The molecule has 0 aliphatic carbocycles. The molecule has 1 aliphatic heterocycles. The van der Waals surface area contributed by atoms with Crippen LogP contribution in [0.3, 0.4) is 0 Å². The Labute approximate surface area is 99.7 Å². The van der Waals surface area contributed by atoms with Gasteiger partial charge in [0.2, 0.25) is 5.91 Å². The van der Waals surface area contributed by atoms with Crippen LogP contribution in [0.5, 0.6) is 0 Å². The van der Waals surface area contributed by atoms with Gasteiger partial charge in [-0.1, -0.05) is 6.92 Å². The number of rotatable bonds is 5. The minimum atomic E-state index is -3.15. The summed E-state index contributed by atoms with van der Waals surface area (Å²) >= 11 is 0. The Bertz CT molecular complexity index is 406. The van der Waals surface area contributed by atoms with Gasteiger partial charge in [0.05, 0.1) is 12.3 Å². The Morgan fingerprint density at radius 1 is 1.59 bits per heavy atom. The van der Waals surface area contributed by atoms with Gasteiger partial charge in [0, 0.05) is 18.8 Å². The highest BCUT2D eigenvalue weighted by atomic mass is 32.2. The Morgan fingerprint density at radius 3 is 2.76 bits per heavy atom. The van der Waals surface area contributed by atoms with E-state index in [0.29, 0.717) is 0 Å². The molecule has 0 aromatic heterocycles. The van der Waals surface area contributed by atoms with Crippen LogP contribution >= 0.6 is 0 Å². The van der Waals surface area contributed by atoms with Gasteiger partial charge >= 0.3 is 5.97 Å². The second-order valence-corrected chi connectivity index (χ2v) is 6.34. The number of carbonyl (C=O) groups is 2. The zero-order valence-electron chi connectivity index (χ0n) is 9.55. The van der Waals surface area contributed by atoms with Crippen molar-refractivity contribution in [3.05, 3.63) is 0 Å². The number of carbonyl (C=O) groups excluding carboxylic acids is 1. The summed E-state index contributed by atoms with van der Waals surface area (Å²) in [5.74, 6) is -1.44. The van der Waals surface area contributed by atoms with Gasteiger partial charge in [0.25, 0.3) is 0 Å². The largest absolute Gasteiger partial charge is 0.480 e. The summed E-state index contributed by atoms with van der Waals surface area (Å²) in [6, 6.07) is -0.847. The molecule has 0 spiro atoms. The van der Waals surface area contributed by atoms with Gasteiger partial charge in [-0.05, 0) is 0 Å². The Balaban J connectivity index is 2.64. The lowest BCUT2D eigenvalue weighted by Crippen LogP contribution is -2.58. The van der Waals surface area contributed by atoms with Gasteiger partial charge < -0.3 is 10.4 Å². The first kappa shape index (κ1) is 13.9. The van der Waals surface area contributed by atoms with E-state index in [1.807, 2.05) is 0 Å². The van der Waals surface area contributed by atoms with Crippen LogP contribution in [0.4, 0.5) is 0 Å². The maximum atomic E-state index is 11.3. The van der Waals surface area contributed by atoms with Crippen LogP contribution in [0.2, 0.25) is 0 Å². The zero-order chi connectivity index (χ0) is 13.1. The summed E-state index contributed by atoms with van der Waals surface area (Å²) in [5, 5.41) is 11.4. The first-order valence-corrected chi connectivity index (χ1v) is 7.12. The predicted molar refractivity (Wildman–Crippen MR) is 60.3 cm³/mol. The van der Waals surface area contributed by atoms with Crippen molar-refractivity contribution in [2.45, 2.75) is 13.0 Å². The summed E-state index contributed by atoms with van der Waals surface area (Å²) in [5.41, 5.74) is 0. The number of hydrogen-bond acceptors (Lipinski definition) is 5. The highest BCUT2D eigenvalue weighted by Gasteiger charge is 2.32. The fourth-order valence-electron chi connectivity index (χ4n) is 1.57. The second-order valence-electron chi connectivity index (χ2n) is 3.86. The van der Waals surface area contributed by atoms with Gasteiger partial charge in [-0.15, -0.1) is 0 Å². The molecule has 2 N–H and O–H groups in total. The molecule has 1 rings (SSSR count). The summed E-state index contributed by atoms with van der Waals surface area (Å²) in [4.78, 5) is 23.4. The average Bonchev–Trinajstić information content (AvgIpc) is 2.26. The maximum absolute atomic E-state index is 11.3. The number of carboxylic acids is 1. The molecule has 1 heterocycles. The topological polar surface area (TPSA) is 104 Å². The summed E-state index contributed by atoms with van der Waals surface area (Å²) < 4.78 is 22.7. The van der Waals surface area contributed by atoms with E-state index in [9.17, 15) is 18.0 Å². The normalized spacial score (nSPS) is 22.2. The molecular formula is C9H16N2O5S. The molecule has 1 amide bonds. The quantitative estimate of drug-likeness (QED) is 0.614. The molecule has 0 bridgehead atoms. The van der Waals surface area contributed by atoms with E-state index in [1.165, 1.54) is 11.8 Å². The first-order chi connectivity index (χ1) is 7.85. The third-order valence-electron chi connectivity index (χ3n) is 2.69. The molecule has 17 heavy (non-hydrogen) atoms. The molecule has 1 saturated heterocycles. The lowest BCUT2D eigenvalue weighted by Gasteiger charge is -2.32. The molecule has 8 heteroatoms. The number of nitrogens with zero attached hydrogens (tertiary/aromatic N) is 1. The van der Waals surface area contributed by atoms with Crippen molar-refractivity contribution in [1.82, 2.24) is 10.2 Å². The van der Waals surface area contributed by atoms with Gasteiger partial charge in [-0.25, -0.2) is 8.42 Å². The van der Waals surface area contributed by atoms with Gasteiger partial charge in [0.15, 0.2) is 9.84 Å². The van der Waals surface area contributed by atoms with Crippen LogP contribution in [0.25, 0.3) is 0 Å². The fraction of sp³-hybridized carbons (Fsp3) is 0.778. The number of aliphatic carboxylic acids is 1. The summed E-state index contributed by atoms with van der Waals surface area (Å²) in [6.45, 7) is 1.55. The number of amides is 1. The number of hydrogen-bond donors (Lipinski definition) is 2. The van der Waals surface area contributed by atoms with Crippen LogP contribution in [0, 0.1) is 0 Å². The number of piperazine rings is 1. The molecule has 0 saturated carbocycles. The Kier molecular flexibility index (Phi) is 4.47. The third kappa shape index (κ3) is 3.97. The van der Waals surface area contributed by atoms with Crippen molar-refractivity contribution < 1.29 is 23.1 Å². The highest BCUT2D eigenvalue weighted by Crippen LogP contribution is 2.05. The molecule has 0 aromatic rings. The molecule has 7 nitrogen and oxygen atoms in total. The number of nitrogens with one attached hydrogen (secondary N) is 1. The average molecular weight is 264 g/mol. The summed E-state index contributed by atoms with van der Waals surface area (Å²) in [6.07, 6.45) is 0. The molecule has 0 radical (unpaired) electrons. The van der Waals surface area contributed by atoms with E-state index in [0.717, 1.165) is 0 Å². The smallest absolute Gasteiger partial charge is 0.322 e.